The van der Waals surface area contributed by atoms with Gasteiger partial charge in [-0.2, -0.15) is 4.89 Å². The van der Waals surface area contributed by atoms with Gasteiger partial charge >= 0.3 is 5.97 Å². The van der Waals surface area contributed by atoms with Gasteiger partial charge in [0.2, 0.25) is 0 Å². The molecule has 1 aromatic rings. The van der Waals surface area contributed by atoms with Gasteiger partial charge in [0.15, 0.2) is 0 Å². The van der Waals surface area contributed by atoms with Gasteiger partial charge in [-0.1, -0.05) is 13.5 Å². The monoisotopic (exact) mass is 225 g/mol. The van der Waals surface area contributed by atoms with Crippen LogP contribution in [0.1, 0.15) is 38.6 Å². The van der Waals surface area contributed by atoms with E-state index >= 15 is 0 Å². The van der Waals surface area contributed by atoms with Crippen molar-refractivity contribution in [3.8, 4) is 0 Å². The van der Waals surface area contributed by atoms with Crippen LogP contribution in [0.15, 0.2) is 24.3 Å². The highest BCUT2D eigenvalue weighted by molar-refractivity contribution is 5.89. The topological polar surface area (TPSA) is 61.5 Å². The van der Waals surface area contributed by atoms with E-state index < -0.39 is 11.6 Å². The van der Waals surface area contributed by atoms with E-state index in [-0.39, 0.29) is 7.43 Å². The molecule has 0 aliphatic rings. The SMILES string of the molecule is C.CC(C)(C)OOC(=O)c1cccc(N)c1. The molecule has 0 saturated heterocycles. The van der Waals surface area contributed by atoms with Crippen LogP contribution in [0.4, 0.5) is 5.69 Å². The molecular formula is C12H19NO3. The average molecular weight is 225 g/mol. The second-order valence-corrected chi connectivity index (χ2v) is 4.19. The van der Waals surface area contributed by atoms with Gasteiger partial charge in [0.1, 0.15) is 5.60 Å². The average Bonchev–Trinajstić information content (AvgIpc) is 2.13. The first-order chi connectivity index (χ1) is 6.88. The Labute approximate surface area is 96.3 Å². The third-order valence-corrected chi connectivity index (χ3v) is 1.49. The molecular weight excluding hydrogens is 206 g/mol. The number of nitrogens with two attached hydrogens (primary N) is 1. The van der Waals surface area contributed by atoms with Crippen molar-refractivity contribution in [1.29, 1.82) is 0 Å². The summed E-state index contributed by atoms with van der Waals surface area (Å²) in [6.07, 6.45) is 0. The lowest BCUT2D eigenvalue weighted by Crippen LogP contribution is -2.21. The first-order valence-corrected chi connectivity index (χ1v) is 4.64. The Hall–Kier alpha value is -1.55. The van der Waals surface area contributed by atoms with Crippen LogP contribution >= 0.6 is 0 Å². The number of benzene rings is 1. The molecule has 0 atom stereocenters. The van der Waals surface area contributed by atoms with Gasteiger partial charge < -0.3 is 5.73 Å². The van der Waals surface area contributed by atoms with Crippen LogP contribution in [0, 0.1) is 0 Å². The highest BCUT2D eigenvalue weighted by Gasteiger charge is 2.16. The molecule has 0 spiro atoms. The van der Waals surface area contributed by atoms with Crippen molar-refractivity contribution < 1.29 is 14.6 Å². The van der Waals surface area contributed by atoms with E-state index in [1.165, 1.54) is 6.07 Å². The zero-order valence-corrected chi connectivity index (χ0v) is 9.11. The fraction of sp³-hybridized carbons (Fsp3) is 0.417. The number of hydrogen-bond donors (Lipinski definition) is 1. The Kier molecular flexibility index (Phi) is 4.98. The van der Waals surface area contributed by atoms with Gasteiger partial charge in [0.25, 0.3) is 0 Å². The van der Waals surface area contributed by atoms with E-state index in [0.29, 0.717) is 11.3 Å². The summed E-state index contributed by atoms with van der Waals surface area (Å²) >= 11 is 0. The fourth-order valence-corrected chi connectivity index (χ4v) is 0.877. The van der Waals surface area contributed by atoms with Crippen LogP contribution in [-0.2, 0) is 9.78 Å². The summed E-state index contributed by atoms with van der Waals surface area (Å²) in [4.78, 5) is 21.0. The summed E-state index contributed by atoms with van der Waals surface area (Å²) < 4.78 is 0. The number of carbonyl (C=O) groups excluding carboxylic acids is 1. The van der Waals surface area contributed by atoms with Gasteiger partial charge in [-0.05, 0) is 39.0 Å². The third-order valence-electron chi connectivity index (χ3n) is 1.49. The zero-order valence-electron chi connectivity index (χ0n) is 9.11. The van der Waals surface area contributed by atoms with Crippen LogP contribution in [0.5, 0.6) is 0 Å². The first kappa shape index (κ1) is 14.5. The van der Waals surface area contributed by atoms with Crippen molar-refractivity contribution in [2.45, 2.75) is 33.8 Å². The number of carbonyl (C=O) groups is 1. The summed E-state index contributed by atoms with van der Waals surface area (Å²) in [5, 5.41) is 0. The predicted molar refractivity (Wildman–Crippen MR) is 63.8 cm³/mol. The van der Waals surface area contributed by atoms with Crippen molar-refractivity contribution in [3.05, 3.63) is 29.8 Å². The lowest BCUT2D eigenvalue weighted by molar-refractivity contribution is -0.301. The van der Waals surface area contributed by atoms with Crippen molar-refractivity contribution in [2.75, 3.05) is 5.73 Å². The first-order valence-electron chi connectivity index (χ1n) is 4.64. The summed E-state index contributed by atoms with van der Waals surface area (Å²) in [6, 6.07) is 6.53. The lowest BCUT2D eigenvalue weighted by atomic mass is 10.2. The summed E-state index contributed by atoms with van der Waals surface area (Å²) in [5.41, 5.74) is 5.90. The summed E-state index contributed by atoms with van der Waals surface area (Å²) in [6.45, 7) is 5.37. The van der Waals surface area contributed by atoms with E-state index in [1.54, 1.807) is 39.0 Å². The quantitative estimate of drug-likeness (QED) is 0.477. The molecule has 2 N–H and O–H groups in total. The minimum Gasteiger partial charge on any atom is -0.399 e. The molecule has 0 fully saturated rings. The highest BCUT2D eigenvalue weighted by Crippen LogP contribution is 2.12. The maximum absolute atomic E-state index is 11.4. The summed E-state index contributed by atoms with van der Waals surface area (Å²) in [7, 11) is 0. The molecule has 0 unspecified atom stereocenters. The molecule has 0 aliphatic carbocycles. The Morgan fingerprint density at radius 3 is 2.44 bits per heavy atom. The molecule has 1 rings (SSSR count). The minimum atomic E-state index is -0.544. The van der Waals surface area contributed by atoms with Gasteiger partial charge in [-0.3, -0.25) is 4.89 Å². The van der Waals surface area contributed by atoms with E-state index in [4.69, 9.17) is 10.6 Å². The van der Waals surface area contributed by atoms with Crippen LogP contribution < -0.4 is 5.73 Å². The highest BCUT2D eigenvalue weighted by atomic mass is 17.2. The standard InChI is InChI=1S/C11H15NO3.CH4/c1-11(2,3)15-14-10(13)8-5-4-6-9(12)7-8;/h4-7H,12H2,1-3H3;1H4. The van der Waals surface area contributed by atoms with Crippen LogP contribution in [0.2, 0.25) is 0 Å². The molecule has 90 valence electrons. The molecule has 1 aromatic carbocycles. The van der Waals surface area contributed by atoms with Crippen molar-refractivity contribution >= 4 is 11.7 Å². The molecule has 0 saturated carbocycles. The van der Waals surface area contributed by atoms with Crippen molar-refractivity contribution in [1.82, 2.24) is 0 Å². The Morgan fingerprint density at radius 1 is 1.31 bits per heavy atom. The molecule has 0 amide bonds. The molecule has 16 heavy (non-hydrogen) atoms. The molecule has 0 aliphatic heterocycles. The minimum absolute atomic E-state index is 0. The number of anilines is 1. The normalized spacial score (nSPS) is 10.4. The van der Waals surface area contributed by atoms with Gasteiger partial charge in [0.05, 0.1) is 5.56 Å². The maximum Gasteiger partial charge on any atom is 0.373 e. The predicted octanol–water partition coefficient (Wildman–Crippen LogP) is 2.79. The van der Waals surface area contributed by atoms with Gasteiger partial charge in [-0.15, -0.1) is 0 Å². The second-order valence-electron chi connectivity index (χ2n) is 4.19. The fourth-order valence-electron chi connectivity index (χ4n) is 0.877. The van der Waals surface area contributed by atoms with Crippen molar-refractivity contribution in [2.24, 2.45) is 0 Å². The Balaban J connectivity index is 0.00000225. The lowest BCUT2D eigenvalue weighted by Gasteiger charge is -2.16. The molecule has 4 heteroatoms. The van der Waals surface area contributed by atoms with Crippen LogP contribution in [-0.4, -0.2) is 11.6 Å². The van der Waals surface area contributed by atoms with Gasteiger partial charge in [0, 0.05) is 5.69 Å². The summed E-state index contributed by atoms with van der Waals surface area (Å²) in [5.74, 6) is -0.544. The van der Waals surface area contributed by atoms with E-state index in [2.05, 4.69) is 4.89 Å². The van der Waals surface area contributed by atoms with Crippen LogP contribution in [0.3, 0.4) is 0 Å². The Bertz CT molecular complexity index is 356. The van der Waals surface area contributed by atoms with Crippen LogP contribution in [0.25, 0.3) is 0 Å². The smallest absolute Gasteiger partial charge is 0.373 e. The van der Waals surface area contributed by atoms with E-state index in [9.17, 15) is 4.79 Å². The number of nitrogen functional groups attached to an aromatic ring is 1. The molecule has 0 aromatic heterocycles. The second kappa shape index (κ2) is 5.51. The Morgan fingerprint density at radius 2 is 1.94 bits per heavy atom. The van der Waals surface area contributed by atoms with E-state index in [0.717, 1.165) is 0 Å². The zero-order chi connectivity index (χ0) is 11.5. The van der Waals surface area contributed by atoms with Gasteiger partial charge in [-0.25, -0.2) is 4.79 Å². The third kappa shape index (κ3) is 4.79. The molecule has 0 radical (unpaired) electrons. The number of rotatable bonds is 2. The number of hydrogen-bond acceptors (Lipinski definition) is 4. The molecule has 0 bridgehead atoms. The van der Waals surface area contributed by atoms with Crippen molar-refractivity contribution in [3.63, 3.8) is 0 Å². The molecule has 0 heterocycles. The molecule has 4 nitrogen and oxygen atoms in total. The van der Waals surface area contributed by atoms with E-state index in [1.807, 2.05) is 0 Å². The largest absolute Gasteiger partial charge is 0.399 e. The maximum atomic E-state index is 11.4.